The molecule has 84 valence electrons. The van der Waals surface area contributed by atoms with E-state index in [1.54, 1.807) is 13.2 Å². The van der Waals surface area contributed by atoms with Crippen molar-refractivity contribution in [2.75, 3.05) is 7.11 Å². The molecule has 0 fully saturated rings. The number of hydrogen-bond donors (Lipinski definition) is 1. The molecule has 0 atom stereocenters. The molecule has 0 amide bonds. The summed E-state index contributed by atoms with van der Waals surface area (Å²) in [6.07, 6.45) is 4.36. The predicted molar refractivity (Wildman–Crippen MR) is 63.4 cm³/mol. The van der Waals surface area contributed by atoms with E-state index in [0.717, 1.165) is 23.0 Å². The molecule has 0 saturated heterocycles. The molecule has 0 heterocycles. The fourth-order valence-corrected chi connectivity index (χ4v) is 1.24. The van der Waals surface area contributed by atoms with Crippen LogP contribution in [0.15, 0.2) is 42.5 Å². The van der Waals surface area contributed by atoms with Crippen molar-refractivity contribution >= 4 is 11.5 Å². The third-order valence-electron chi connectivity index (χ3n) is 2.11. The van der Waals surface area contributed by atoms with Crippen LogP contribution < -0.4 is 4.74 Å². The Balaban J connectivity index is 2.86. The Kier molecular flexibility index (Phi) is 4.33. The van der Waals surface area contributed by atoms with Gasteiger partial charge in [-0.1, -0.05) is 24.3 Å². The smallest absolute Gasteiger partial charge is 0.328 e. The number of carbonyl (C=O) groups is 1. The molecule has 0 aliphatic rings. The van der Waals surface area contributed by atoms with E-state index in [9.17, 15) is 4.79 Å². The molecule has 0 saturated carbocycles. The zero-order valence-corrected chi connectivity index (χ0v) is 9.31. The third-order valence-corrected chi connectivity index (χ3v) is 2.11. The van der Waals surface area contributed by atoms with E-state index >= 15 is 0 Å². The molecule has 0 aliphatic heterocycles. The van der Waals surface area contributed by atoms with Gasteiger partial charge < -0.3 is 9.84 Å². The maximum Gasteiger partial charge on any atom is 0.328 e. The molecule has 16 heavy (non-hydrogen) atoms. The summed E-state index contributed by atoms with van der Waals surface area (Å²) in [4.78, 5) is 10.3. The Bertz CT molecular complexity index is 431. The second kappa shape index (κ2) is 5.75. The van der Waals surface area contributed by atoms with Gasteiger partial charge in [0.25, 0.3) is 0 Å². The van der Waals surface area contributed by atoms with Gasteiger partial charge in [-0.25, -0.2) is 4.79 Å². The lowest BCUT2D eigenvalue weighted by molar-refractivity contribution is -0.131. The molecule has 1 N–H and O–H groups in total. The summed E-state index contributed by atoms with van der Waals surface area (Å²) < 4.78 is 5.11. The highest BCUT2D eigenvalue weighted by Gasteiger charge is 1.96. The minimum atomic E-state index is -0.949. The molecule has 1 aromatic carbocycles. The summed E-state index contributed by atoms with van der Waals surface area (Å²) in [7, 11) is 1.61. The zero-order chi connectivity index (χ0) is 12.0. The van der Waals surface area contributed by atoms with Gasteiger partial charge in [-0.15, -0.1) is 0 Å². The molecule has 0 unspecified atom stereocenters. The number of methoxy groups -OCH3 is 1. The van der Waals surface area contributed by atoms with Crippen molar-refractivity contribution in [2.45, 2.75) is 6.92 Å². The van der Waals surface area contributed by atoms with E-state index in [0.29, 0.717) is 0 Å². The van der Waals surface area contributed by atoms with Crippen LogP contribution in [-0.2, 0) is 4.79 Å². The Labute approximate surface area is 94.7 Å². The lowest BCUT2D eigenvalue weighted by Gasteiger charge is -2.03. The number of benzene rings is 1. The molecule has 0 radical (unpaired) electrons. The summed E-state index contributed by atoms with van der Waals surface area (Å²) in [5, 5.41) is 8.44. The first-order chi connectivity index (χ1) is 7.63. The van der Waals surface area contributed by atoms with E-state index in [4.69, 9.17) is 9.84 Å². The normalized spacial score (nSPS) is 11.8. The predicted octanol–water partition coefficient (Wildman–Crippen LogP) is 2.74. The van der Waals surface area contributed by atoms with E-state index in [2.05, 4.69) is 0 Å². The van der Waals surface area contributed by atoms with Gasteiger partial charge in [-0.3, -0.25) is 0 Å². The maximum atomic E-state index is 10.3. The molecule has 0 aliphatic carbocycles. The van der Waals surface area contributed by atoms with Gasteiger partial charge in [0, 0.05) is 6.08 Å². The highest BCUT2D eigenvalue weighted by atomic mass is 16.5. The van der Waals surface area contributed by atoms with Crippen LogP contribution in [0.2, 0.25) is 0 Å². The number of ether oxygens (including phenoxy) is 1. The standard InChI is InChI=1S/C13H14O3/c1-10(5-3-8-13(14)15)11-6-4-7-12(9-11)16-2/h3-9H,1-2H3,(H,14,15)/b8-3+,10-5-. The maximum absolute atomic E-state index is 10.3. The Hall–Kier alpha value is -2.03. The van der Waals surface area contributed by atoms with Crippen LogP contribution >= 0.6 is 0 Å². The summed E-state index contributed by atoms with van der Waals surface area (Å²) in [5.41, 5.74) is 1.99. The minimum Gasteiger partial charge on any atom is -0.497 e. The second-order valence-corrected chi connectivity index (χ2v) is 3.28. The van der Waals surface area contributed by atoms with Crippen LogP contribution in [0.3, 0.4) is 0 Å². The molecule has 0 bridgehead atoms. The van der Waals surface area contributed by atoms with Crippen molar-refractivity contribution < 1.29 is 14.6 Å². The fourth-order valence-electron chi connectivity index (χ4n) is 1.24. The topological polar surface area (TPSA) is 46.5 Å². The van der Waals surface area contributed by atoms with E-state index in [1.807, 2.05) is 31.2 Å². The first-order valence-corrected chi connectivity index (χ1v) is 4.86. The van der Waals surface area contributed by atoms with Gasteiger partial charge in [0.1, 0.15) is 5.75 Å². The van der Waals surface area contributed by atoms with Crippen LogP contribution in [0.25, 0.3) is 5.57 Å². The van der Waals surface area contributed by atoms with Crippen molar-refractivity contribution in [3.63, 3.8) is 0 Å². The van der Waals surface area contributed by atoms with E-state index < -0.39 is 5.97 Å². The number of allylic oxidation sites excluding steroid dienone is 3. The molecule has 1 rings (SSSR count). The lowest BCUT2D eigenvalue weighted by Crippen LogP contribution is -1.86. The zero-order valence-electron chi connectivity index (χ0n) is 9.31. The number of aliphatic carboxylic acids is 1. The molecule has 0 aromatic heterocycles. The van der Waals surface area contributed by atoms with Crippen molar-refractivity contribution in [1.82, 2.24) is 0 Å². The molecular formula is C13H14O3. The van der Waals surface area contributed by atoms with Crippen molar-refractivity contribution in [3.8, 4) is 5.75 Å². The van der Waals surface area contributed by atoms with Gasteiger partial charge in [-0.2, -0.15) is 0 Å². The van der Waals surface area contributed by atoms with Crippen LogP contribution in [0, 0.1) is 0 Å². The highest BCUT2D eigenvalue weighted by Crippen LogP contribution is 2.19. The number of carboxylic acid groups (broad SMARTS) is 1. The number of carboxylic acids is 1. The molecule has 3 nitrogen and oxygen atoms in total. The molecule has 3 heteroatoms. The quantitative estimate of drug-likeness (QED) is 0.624. The number of hydrogen-bond acceptors (Lipinski definition) is 2. The van der Waals surface area contributed by atoms with Gasteiger partial charge in [0.15, 0.2) is 0 Å². The van der Waals surface area contributed by atoms with Crippen molar-refractivity contribution in [2.24, 2.45) is 0 Å². The van der Waals surface area contributed by atoms with Crippen LogP contribution in [-0.4, -0.2) is 18.2 Å². The van der Waals surface area contributed by atoms with Gasteiger partial charge in [0.2, 0.25) is 0 Å². The molecular weight excluding hydrogens is 204 g/mol. The average molecular weight is 218 g/mol. The minimum absolute atomic E-state index is 0.785. The monoisotopic (exact) mass is 218 g/mol. The Morgan fingerprint density at radius 3 is 2.81 bits per heavy atom. The van der Waals surface area contributed by atoms with Crippen molar-refractivity contribution in [3.05, 3.63) is 48.1 Å². The van der Waals surface area contributed by atoms with E-state index in [1.165, 1.54) is 6.08 Å². The SMILES string of the molecule is COc1cccc(/C(C)=C\C=C\C(=O)O)c1. The summed E-state index contributed by atoms with van der Waals surface area (Å²) in [6.45, 7) is 1.92. The van der Waals surface area contributed by atoms with E-state index in [-0.39, 0.29) is 0 Å². The van der Waals surface area contributed by atoms with Crippen LogP contribution in [0.4, 0.5) is 0 Å². The largest absolute Gasteiger partial charge is 0.497 e. The first-order valence-electron chi connectivity index (χ1n) is 4.86. The van der Waals surface area contributed by atoms with Crippen LogP contribution in [0.1, 0.15) is 12.5 Å². The number of rotatable bonds is 4. The highest BCUT2D eigenvalue weighted by molar-refractivity contribution is 5.80. The van der Waals surface area contributed by atoms with Gasteiger partial charge >= 0.3 is 5.97 Å². The summed E-state index contributed by atoms with van der Waals surface area (Å²) in [5.74, 6) is -0.165. The first kappa shape index (κ1) is 12.0. The molecule has 0 spiro atoms. The third kappa shape index (κ3) is 3.61. The Morgan fingerprint density at radius 1 is 1.44 bits per heavy atom. The average Bonchev–Trinajstić information content (AvgIpc) is 2.28. The summed E-state index contributed by atoms with van der Waals surface area (Å²) in [6, 6.07) is 7.61. The molecule has 1 aromatic rings. The van der Waals surface area contributed by atoms with Crippen molar-refractivity contribution in [1.29, 1.82) is 0 Å². The van der Waals surface area contributed by atoms with Gasteiger partial charge in [0.05, 0.1) is 7.11 Å². The fraction of sp³-hybridized carbons (Fsp3) is 0.154. The summed E-state index contributed by atoms with van der Waals surface area (Å²) >= 11 is 0. The Morgan fingerprint density at radius 2 is 2.19 bits per heavy atom. The second-order valence-electron chi connectivity index (χ2n) is 3.28. The van der Waals surface area contributed by atoms with Crippen LogP contribution in [0.5, 0.6) is 5.75 Å². The van der Waals surface area contributed by atoms with Gasteiger partial charge in [-0.05, 0) is 30.2 Å². The lowest BCUT2D eigenvalue weighted by atomic mass is 10.1.